The van der Waals surface area contributed by atoms with E-state index >= 15 is 0 Å². The van der Waals surface area contributed by atoms with Crippen LogP contribution in [0.4, 0.5) is 5.69 Å². The van der Waals surface area contributed by atoms with Gasteiger partial charge in [-0.1, -0.05) is 45.7 Å². The molecule has 1 heterocycles. The number of Topliss-reactive ketones (excluding diaryl/α,β-unsaturated/α-hetero) is 1. The fraction of sp³-hybridized carbons (Fsp3) is 0.542. The number of esters is 1. The summed E-state index contributed by atoms with van der Waals surface area (Å²) in [5.41, 5.74) is 1.04. The van der Waals surface area contributed by atoms with Gasteiger partial charge < -0.3 is 9.84 Å². The minimum absolute atomic E-state index is 0.130. The van der Waals surface area contributed by atoms with Crippen molar-refractivity contribution < 1.29 is 24.4 Å². The van der Waals surface area contributed by atoms with Crippen LogP contribution < -0.4 is 5.11 Å². The number of nitro benzene ring substituents is 1. The summed E-state index contributed by atoms with van der Waals surface area (Å²) in [6.45, 7) is 8.00. The van der Waals surface area contributed by atoms with Gasteiger partial charge >= 0.3 is 5.97 Å². The third-order valence-corrected chi connectivity index (χ3v) is 6.09. The molecule has 0 saturated carbocycles. The Morgan fingerprint density at radius 3 is 2.66 bits per heavy atom. The third-order valence-electron chi connectivity index (χ3n) is 6.09. The fourth-order valence-electron chi connectivity index (χ4n) is 4.60. The van der Waals surface area contributed by atoms with Gasteiger partial charge in [-0.15, -0.1) is 0 Å². The van der Waals surface area contributed by atoms with Crippen molar-refractivity contribution in [1.29, 1.82) is 0 Å². The van der Waals surface area contributed by atoms with Crippen LogP contribution in [0.3, 0.4) is 0 Å². The van der Waals surface area contributed by atoms with Crippen LogP contribution >= 0.6 is 0 Å². The molecule has 1 aromatic rings. The number of allylic oxidation sites excluding steroid dienone is 2. The maximum Gasteiger partial charge on any atom is 0.315 e. The number of ether oxygens (including phenoxy) is 1. The first-order valence-electron chi connectivity index (χ1n) is 11.0. The standard InChI is InChI=1S/C24H30N2O6/c1-5-6-7-10-32-23(29)20-14(2)25-16-12-24(3,4)13-19(28)22(16)21(20)15-8-9-18(27)17(11-15)26(30)31/h8-9,11,20-21,27H,5-7,10,12-13H2,1-4H3/p-1/t20?,21-/m1/s1. The number of nitro groups is 1. The molecule has 2 aliphatic rings. The Bertz CT molecular complexity index is 1010. The van der Waals surface area contributed by atoms with Crippen molar-refractivity contribution >= 4 is 23.2 Å². The normalized spacial score (nSPS) is 22.2. The Balaban J connectivity index is 2.10. The molecule has 2 atom stereocenters. The molecule has 3 rings (SSSR count). The molecular weight excluding hydrogens is 412 g/mol. The average molecular weight is 442 g/mol. The summed E-state index contributed by atoms with van der Waals surface area (Å²) >= 11 is 0. The quantitative estimate of drug-likeness (QED) is 0.270. The molecule has 1 unspecified atom stereocenters. The number of nitrogens with zero attached hydrogens (tertiary/aromatic N) is 2. The van der Waals surface area contributed by atoms with Crippen LogP contribution in [0, 0.1) is 21.4 Å². The first kappa shape index (κ1) is 23.6. The van der Waals surface area contributed by atoms with Crippen LogP contribution in [-0.4, -0.2) is 29.0 Å². The van der Waals surface area contributed by atoms with Gasteiger partial charge in [0, 0.05) is 35.4 Å². The second-order valence-corrected chi connectivity index (χ2v) is 9.37. The molecular formula is C24H29N2O6-. The predicted octanol–water partition coefficient (Wildman–Crippen LogP) is 4.22. The maximum atomic E-state index is 13.2. The highest BCUT2D eigenvalue weighted by Crippen LogP contribution is 2.48. The van der Waals surface area contributed by atoms with E-state index in [9.17, 15) is 24.8 Å². The van der Waals surface area contributed by atoms with E-state index in [0.29, 0.717) is 29.0 Å². The monoisotopic (exact) mass is 441 g/mol. The van der Waals surface area contributed by atoms with Gasteiger partial charge in [-0.3, -0.25) is 24.7 Å². The Morgan fingerprint density at radius 1 is 1.28 bits per heavy atom. The topological polar surface area (TPSA) is 122 Å². The van der Waals surface area contributed by atoms with Gasteiger partial charge in [0.2, 0.25) is 0 Å². The Morgan fingerprint density at radius 2 is 2.00 bits per heavy atom. The van der Waals surface area contributed by atoms with Crippen molar-refractivity contribution in [2.75, 3.05) is 6.61 Å². The smallest absolute Gasteiger partial charge is 0.315 e. The van der Waals surface area contributed by atoms with Crippen molar-refractivity contribution in [2.24, 2.45) is 16.3 Å². The summed E-state index contributed by atoms with van der Waals surface area (Å²) in [6.07, 6.45) is 3.48. The lowest BCUT2D eigenvalue weighted by Crippen LogP contribution is -2.39. The summed E-state index contributed by atoms with van der Waals surface area (Å²) < 4.78 is 5.51. The second-order valence-electron chi connectivity index (χ2n) is 9.37. The summed E-state index contributed by atoms with van der Waals surface area (Å²) in [4.78, 5) is 41.6. The van der Waals surface area contributed by atoms with Gasteiger partial charge in [0.1, 0.15) is 5.92 Å². The Kier molecular flexibility index (Phi) is 6.81. The Hall–Kier alpha value is -3.03. The number of benzene rings is 1. The SMILES string of the molecule is CCCCCOC(=O)C1C(C)=NC2=C(C(=O)CC(C)(C)C2)[C@@H]1c1ccc([O-])c([N+](=O)[O-])c1. The van der Waals surface area contributed by atoms with Crippen LogP contribution in [0.25, 0.3) is 0 Å². The molecule has 1 aliphatic heterocycles. The predicted molar refractivity (Wildman–Crippen MR) is 117 cm³/mol. The summed E-state index contributed by atoms with van der Waals surface area (Å²) in [5, 5.41) is 23.4. The number of hydrogen-bond acceptors (Lipinski definition) is 7. The number of unbranched alkanes of at least 4 members (excludes halogenated alkanes) is 2. The van der Waals surface area contributed by atoms with E-state index in [1.807, 2.05) is 20.8 Å². The molecule has 0 aromatic heterocycles. The van der Waals surface area contributed by atoms with Crippen LogP contribution in [0.5, 0.6) is 5.75 Å². The number of rotatable bonds is 7. The van der Waals surface area contributed by atoms with Crippen molar-refractivity contribution in [3.63, 3.8) is 0 Å². The second kappa shape index (κ2) is 9.22. The molecule has 0 radical (unpaired) electrons. The number of carbonyl (C=O) groups is 2. The lowest BCUT2D eigenvalue weighted by molar-refractivity contribution is -0.398. The van der Waals surface area contributed by atoms with E-state index in [1.165, 1.54) is 12.1 Å². The van der Waals surface area contributed by atoms with E-state index in [1.54, 1.807) is 6.92 Å². The molecule has 0 amide bonds. The minimum atomic E-state index is -0.877. The van der Waals surface area contributed by atoms with E-state index in [2.05, 4.69) is 4.99 Å². The average Bonchev–Trinajstić information content (AvgIpc) is 2.69. The van der Waals surface area contributed by atoms with Crippen LogP contribution in [0.15, 0.2) is 34.5 Å². The van der Waals surface area contributed by atoms with Crippen LogP contribution in [-0.2, 0) is 14.3 Å². The summed E-state index contributed by atoms with van der Waals surface area (Å²) in [6, 6.07) is 3.77. The number of ketones is 1. The van der Waals surface area contributed by atoms with Gasteiger partial charge in [0.15, 0.2) is 5.78 Å². The molecule has 8 nitrogen and oxygen atoms in total. The van der Waals surface area contributed by atoms with Crippen molar-refractivity contribution in [2.45, 2.75) is 65.7 Å². The molecule has 0 N–H and O–H groups in total. The largest absolute Gasteiger partial charge is 0.868 e. The summed E-state index contributed by atoms with van der Waals surface area (Å²) in [5.74, 6) is -3.01. The van der Waals surface area contributed by atoms with E-state index in [-0.39, 0.29) is 24.2 Å². The first-order chi connectivity index (χ1) is 15.1. The molecule has 8 heteroatoms. The van der Waals surface area contributed by atoms with Gasteiger partial charge in [-0.05, 0) is 36.5 Å². The lowest BCUT2D eigenvalue weighted by Gasteiger charge is -2.39. The fourth-order valence-corrected chi connectivity index (χ4v) is 4.60. The summed E-state index contributed by atoms with van der Waals surface area (Å²) in [7, 11) is 0. The van der Waals surface area contributed by atoms with Crippen LogP contribution in [0.2, 0.25) is 0 Å². The molecule has 32 heavy (non-hydrogen) atoms. The van der Waals surface area contributed by atoms with Crippen molar-refractivity contribution in [3.8, 4) is 5.75 Å². The van der Waals surface area contributed by atoms with Gasteiger partial charge in [-0.25, -0.2) is 0 Å². The maximum absolute atomic E-state index is 13.2. The van der Waals surface area contributed by atoms with Crippen LogP contribution in [0.1, 0.15) is 71.3 Å². The van der Waals surface area contributed by atoms with Crippen molar-refractivity contribution in [1.82, 2.24) is 0 Å². The molecule has 0 fully saturated rings. The van der Waals surface area contributed by atoms with Crippen molar-refractivity contribution in [3.05, 3.63) is 45.1 Å². The first-order valence-corrected chi connectivity index (χ1v) is 11.0. The highest BCUT2D eigenvalue weighted by atomic mass is 16.6. The lowest BCUT2D eigenvalue weighted by atomic mass is 9.67. The van der Waals surface area contributed by atoms with Gasteiger partial charge in [-0.2, -0.15) is 0 Å². The molecule has 1 aromatic carbocycles. The highest BCUT2D eigenvalue weighted by molar-refractivity contribution is 6.09. The number of aliphatic imine (C=N–C) groups is 1. The third kappa shape index (κ3) is 4.74. The molecule has 0 saturated heterocycles. The van der Waals surface area contributed by atoms with Gasteiger partial charge in [0.05, 0.1) is 11.5 Å². The molecule has 1 aliphatic carbocycles. The number of hydrogen-bond donors (Lipinski definition) is 0. The van der Waals surface area contributed by atoms with E-state index < -0.39 is 34.2 Å². The molecule has 172 valence electrons. The van der Waals surface area contributed by atoms with Gasteiger partial charge in [0.25, 0.3) is 5.69 Å². The minimum Gasteiger partial charge on any atom is -0.868 e. The van der Waals surface area contributed by atoms with E-state index in [4.69, 9.17) is 4.74 Å². The number of carbonyl (C=O) groups excluding carboxylic acids is 2. The zero-order valence-corrected chi connectivity index (χ0v) is 19.0. The Labute approximate surface area is 187 Å². The highest BCUT2D eigenvalue weighted by Gasteiger charge is 2.46. The zero-order chi connectivity index (χ0) is 23.6. The zero-order valence-electron chi connectivity index (χ0n) is 19.0. The molecule has 0 spiro atoms. The molecule has 0 bridgehead atoms. The van der Waals surface area contributed by atoms with E-state index in [0.717, 1.165) is 25.3 Å².